The van der Waals surface area contributed by atoms with Gasteiger partial charge in [0.1, 0.15) is 16.5 Å². The predicted octanol–water partition coefficient (Wildman–Crippen LogP) is 3.30. The molecule has 0 heterocycles. The Morgan fingerprint density at radius 3 is 2.33 bits per heavy atom. The Morgan fingerprint density at radius 2 is 1.86 bits per heavy atom. The summed E-state index contributed by atoms with van der Waals surface area (Å²) in [7, 11) is -3.85. The Balaban J connectivity index is 3.22. The van der Waals surface area contributed by atoms with Gasteiger partial charge in [-0.2, -0.15) is 0 Å². The molecule has 0 radical (unpaired) electrons. The minimum Gasteiger partial charge on any atom is -0.313 e. The summed E-state index contributed by atoms with van der Waals surface area (Å²) >= 11 is 0. The third kappa shape index (κ3) is 4.23. The summed E-state index contributed by atoms with van der Waals surface area (Å²) in [6.07, 6.45) is 1.89. The topological polar surface area (TPSA) is 46.2 Å². The first kappa shape index (κ1) is 18.0. The largest absolute Gasteiger partial charge is 0.313 e. The molecule has 0 aliphatic carbocycles. The molecule has 2 unspecified atom stereocenters. The maximum absolute atomic E-state index is 13.8. The van der Waals surface area contributed by atoms with E-state index in [0.717, 1.165) is 18.6 Å². The van der Waals surface area contributed by atoms with Crippen molar-refractivity contribution >= 4 is 9.84 Å². The van der Waals surface area contributed by atoms with E-state index in [1.165, 1.54) is 0 Å². The van der Waals surface area contributed by atoms with Crippen LogP contribution in [0.15, 0.2) is 23.1 Å². The quantitative estimate of drug-likeness (QED) is 0.748. The lowest BCUT2D eigenvalue weighted by Gasteiger charge is -2.27. The molecule has 120 valence electrons. The average Bonchev–Trinajstić information content (AvgIpc) is 2.39. The van der Waals surface area contributed by atoms with Gasteiger partial charge in [-0.3, -0.25) is 0 Å². The standard InChI is InChI=1S/C15H23F2NO2S/c1-4-7-13(18-6-3)14(5-2)21(19,20)15-9-8-11(16)10-12(15)17/h8-10,13-14,18H,4-7H2,1-3H3. The van der Waals surface area contributed by atoms with Gasteiger partial charge in [-0.05, 0) is 31.5 Å². The maximum atomic E-state index is 13.8. The molecule has 21 heavy (non-hydrogen) atoms. The first-order chi connectivity index (χ1) is 9.88. The number of benzene rings is 1. The van der Waals surface area contributed by atoms with E-state index < -0.39 is 31.6 Å². The Kier molecular flexibility index (Phi) is 6.74. The number of rotatable bonds is 8. The van der Waals surface area contributed by atoms with E-state index in [2.05, 4.69) is 5.32 Å². The molecule has 0 fully saturated rings. The van der Waals surface area contributed by atoms with E-state index in [0.29, 0.717) is 25.5 Å². The molecule has 3 nitrogen and oxygen atoms in total. The van der Waals surface area contributed by atoms with Crippen molar-refractivity contribution in [3.63, 3.8) is 0 Å². The van der Waals surface area contributed by atoms with Crippen LogP contribution in [-0.2, 0) is 9.84 Å². The van der Waals surface area contributed by atoms with Crippen molar-refractivity contribution in [2.45, 2.75) is 56.2 Å². The summed E-state index contributed by atoms with van der Waals surface area (Å²) in [6.45, 7) is 6.29. The Labute approximate surface area is 125 Å². The summed E-state index contributed by atoms with van der Waals surface area (Å²) in [6, 6.07) is 2.36. The zero-order valence-electron chi connectivity index (χ0n) is 12.7. The van der Waals surface area contributed by atoms with Gasteiger partial charge >= 0.3 is 0 Å². The van der Waals surface area contributed by atoms with E-state index >= 15 is 0 Å². The Bertz CT molecular complexity index is 555. The molecular weight excluding hydrogens is 296 g/mol. The molecule has 1 aromatic carbocycles. The van der Waals surface area contributed by atoms with Crippen LogP contribution < -0.4 is 5.32 Å². The lowest BCUT2D eigenvalue weighted by Crippen LogP contribution is -2.44. The van der Waals surface area contributed by atoms with Crippen LogP contribution in [0.2, 0.25) is 0 Å². The smallest absolute Gasteiger partial charge is 0.185 e. The molecule has 0 aliphatic rings. The summed E-state index contributed by atoms with van der Waals surface area (Å²) in [5.74, 6) is -1.81. The average molecular weight is 319 g/mol. The zero-order valence-corrected chi connectivity index (χ0v) is 13.5. The number of sulfone groups is 1. The third-order valence-electron chi connectivity index (χ3n) is 3.52. The van der Waals surface area contributed by atoms with Gasteiger partial charge in [0.15, 0.2) is 9.84 Å². The van der Waals surface area contributed by atoms with Crippen molar-refractivity contribution in [3.8, 4) is 0 Å². The van der Waals surface area contributed by atoms with Crippen LogP contribution in [-0.4, -0.2) is 26.3 Å². The van der Waals surface area contributed by atoms with E-state index in [4.69, 9.17) is 0 Å². The van der Waals surface area contributed by atoms with Crippen LogP contribution in [0.5, 0.6) is 0 Å². The maximum Gasteiger partial charge on any atom is 0.185 e. The summed E-state index contributed by atoms with van der Waals surface area (Å²) < 4.78 is 52.2. The van der Waals surface area contributed by atoms with Crippen LogP contribution >= 0.6 is 0 Å². The summed E-state index contributed by atoms with van der Waals surface area (Å²) in [5.41, 5.74) is 0. The van der Waals surface area contributed by atoms with Gasteiger partial charge in [-0.25, -0.2) is 17.2 Å². The molecule has 0 bridgehead atoms. The van der Waals surface area contributed by atoms with Gasteiger partial charge in [0.25, 0.3) is 0 Å². The van der Waals surface area contributed by atoms with Crippen LogP contribution in [0.25, 0.3) is 0 Å². The number of halogens is 2. The molecule has 0 saturated heterocycles. The second-order valence-electron chi connectivity index (χ2n) is 5.02. The lowest BCUT2D eigenvalue weighted by atomic mass is 10.1. The highest BCUT2D eigenvalue weighted by molar-refractivity contribution is 7.92. The Hall–Kier alpha value is -1.01. The summed E-state index contributed by atoms with van der Waals surface area (Å²) in [5, 5.41) is 2.44. The fraction of sp³-hybridized carbons (Fsp3) is 0.600. The van der Waals surface area contributed by atoms with Gasteiger partial charge in [0, 0.05) is 12.1 Å². The van der Waals surface area contributed by atoms with Crippen molar-refractivity contribution in [2.24, 2.45) is 0 Å². The number of nitrogens with one attached hydrogen (secondary N) is 1. The van der Waals surface area contributed by atoms with Crippen molar-refractivity contribution in [3.05, 3.63) is 29.8 Å². The lowest BCUT2D eigenvalue weighted by molar-refractivity contribution is 0.443. The van der Waals surface area contributed by atoms with E-state index in [1.807, 2.05) is 13.8 Å². The van der Waals surface area contributed by atoms with Crippen molar-refractivity contribution in [1.82, 2.24) is 5.32 Å². The van der Waals surface area contributed by atoms with Crippen molar-refractivity contribution in [2.75, 3.05) is 6.54 Å². The SMILES string of the molecule is CCCC(NCC)C(CC)S(=O)(=O)c1ccc(F)cc1F. The van der Waals surface area contributed by atoms with Gasteiger partial charge in [0.2, 0.25) is 0 Å². The monoisotopic (exact) mass is 319 g/mol. The van der Waals surface area contributed by atoms with E-state index in [-0.39, 0.29) is 6.04 Å². The normalized spacial score (nSPS) is 14.9. The van der Waals surface area contributed by atoms with Gasteiger partial charge in [-0.1, -0.05) is 27.2 Å². The van der Waals surface area contributed by atoms with Gasteiger partial charge in [0.05, 0.1) is 5.25 Å². The van der Waals surface area contributed by atoms with Crippen LogP contribution in [0, 0.1) is 11.6 Å². The highest BCUT2D eigenvalue weighted by Crippen LogP contribution is 2.25. The second kappa shape index (κ2) is 7.84. The molecule has 0 aliphatic heterocycles. The zero-order chi connectivity index (χ0) is 16.0. The number of hydrogen-bond donors (Lipinski definition) is 1. The molecular formula is C15H23F2NO2S. The molecule has 1 N–H and O–H groups in total. The van der Waals surface area contributed by atoms with E-state index in [1.54, 1.807) is 6.92 Å². The minimum absolute atomic E-state index is 0.237. The highest BCUT2D eigenvalue weighted by Gasteiger charge is 2.34. The fourth-order valence-corrected chi connectivity index (χ4v) is 4.60. The predicted molar refractivity (Wildman–Crippen MR) is 80.0 cm³/mol. The molecule has 1 rings (SSSR count). The summed E-state index contributed by atoms with van der Waals surface area (Å²) in [4.78, 5) is -0.422. The first-order valence-electron chi connectivity index (χ1n) is 7.30. The molecule has 2 atom stereocenters. The van der Waals surface area contributed by atoms with E-state index in [9.17, 15) is 17.2 Å². The third-order valence-corrected chi connectivity index (χ3v) is 5.92. The molecule has 0 aromatic heterocycles. The Morgan fingerprint density at radius 1 is 1.19 bits per heavy atom. The van der Waals surface area contributed by atoms with Gasteiger partial charge < -0.3 is 5.32 Å². The van der Waals surface area contributed by atoms with Crippen LogP contribution in [0.1, 0.15) is 40.0 Å². The van der Waals surface area contributed by atoms with Gasteiger partial charge in [-0.15, -0.1) is 0 Å². The van der Waals surface area contributed by atoms with Crippen molar-refractivity contribution in [1.29, 1.82) is 0 Å². The van der Waals surface area contributed by atoms with Crippen LogP contribution in [0.4, 0.5) is 8.78 Å². The van der Waals surface area contributed by atoms with Crippen molar-refractivity contribution < 1.29 is 17.2 Å². The molecule has 6 heteroatoms. The molecule has 0 amide bonds. The molecule has 1 aromatic rings. The first-order valence-corrected chi connectivity index (χ1v) is 8.85. The second-order valence-corrected chi connectivity index (χ2v) is 7.15. The fourth-order valence-electron chi connectivity index (χ4n) is 2.58. The molecule has 0 saturated carbocycles. The minimum atomic E-state index is -3.85. The molecule has 0 spiro atoms. The number of hydrogen-bond acceptors (Lipinski definition) is 3. The van der Waals surface area contributed by atoms with Crippen LogP contribution in [0.3, 0.4) is 0 Å². The highest BCUT2D eigenvalue weighted by atomic mass is 32.2.